The first-order valence-electron chi connectivity index (χ1n) is 9.83. The van der Waals surface area contributed by atoms with Crippen molar-refractivity contribution in [1.29, 1.82) is 0 Å². The van der Waals surface area contributed by atoms with Gasteiger partial charge in [0.25, 0.3) is 0 Å². The number of hydrogen-bond acceptors (Lipinski definition) is 6. The van der Waals surface area contributed by atoms with E-state index < -0.39 is 9.84 Å². The molecule has 158 valence electrons. The van der Waals surface area contributed by atoms with E-state index in [0.29, 0.717) is 44.2 Å². The predicted octanol–water partition coefficient (Wildman–Crippen LogP) is 2.27. The molecule has 2 heterocycles. The van der Waals surface area contributed by atoms with Crippen molar-refractivity contribution in [2.45, 2.75) is 16.7 Å². The van der Waals surface area contributed by atoms with Crippen LogP contribution in [-0.4, -0.2) is 69.5 Å². The monoisotopic (exact) mass is 429 g/mol. The lowest BCUT2D eigenvalue weighted by Gasteiger charge is -2.36. The summed E-state index contributed by atoms with van der Waals surface area (Å²) in [4.78, 5) is 30.5. The Kier molecular flexibility index (Phi) is 5.48. The summed E-state index contributed by atoms with van der Waals surface area (Å²) in [6.45, 7) is 4.26. The Labute approximate surface area is 175 Å². The third kappa shape index (κ3) is 3.54. The van der Waals surface area contributed by atoms with Crippen LogP contribution in [0.3, 0.4) is 0 Å². The Balaban J connectivity index is 1.56. The number of carbonyl (C=O) groups excluding carboxylic acids is 2. The summed E-state index contributed by atoms with van der Waals surface area (Å²) in [6.07, 6.45) is -0.340. The lowest BCUT2D eigenvalue weighted by molar-refractivity contribution is -0.119. The first-order chi connectivity index (χ1) is 14.4. The molecule has 2 aromatic carbocycles. The van der Waals surface area contributed by atoms with Gasteiger partial charge in [-0.2, -0.15) is 0 Å². The smallest absolute Gasteiger partial charge is 0.409 e. The van der Waals surface area contributed by atoms with Crippen molar-refractivity contribution < 1.29 is 22.7 Å². The summed E-state index contributed by atoms with van der Waals surface area (Å²) in [5.74, 6) is -0.214. The molecule has 1 saturated heterocycles. The summed E-state index contributed by atoms with van der Waals surface area (Å²) < 4.78 is 31.0. The summed E-state index contributed by atoms with van der Waals surface area (Å²) in [6, 6.07) is 13.1. The third-order valence-corrected chi connectivity index (χ3v) is 7.15. The number of anilines is 2. The molecule has 4 rings (SSSR count). The Morgan fingerprint density at radius 3 is 1.97 bits per heavy atom. The highest BCUT2D eigenvalue weighted by Crippen LogP contribution is 2.43. The van der Waals surface area contributed by atoms with E-state index in [-0.39, 0.29) is 28.3 Å². The molecule has 9 heteroatoms. The normalized spacial score (nSPS) is 17.8. The van der Waals surface area contributed by atoms with Gasteiger partial charge in [-0.15, -0.1) is 0 Å². The number of ether oxygens (including phenoxy) is 1. The lowest BCUT2D eigenvalue weighted by Crippen LogP contribution is -2.51. The largest absolute Gasteiger partial charge is 0.450 e. The fourth-order valence-electron chi connectivity index (χ4n) is 3.82. The number of benzene rings is 2. The molecule has 0 bridgehead atoms. The molecule has 0 radical (unpaired) electrons. The van der Waals surface area contributed by atoms with Crippen LogP contribution in [0.2, 0.25) is 0 Å². The molecular formula is C21H23N3O5S. The van der Waals surface area contributed by atoms with Gasteiger partial charge in [-0.1, -0.05) is 24.3 Å². The molecule has 0 unspecified atom stereocenters. The van der Waals surface area contributed by atoms with Crippen LogP contribution in [0.5, 0.6) is 0 Å². The lowest BCUT2D eigenvalue weighted by atomic mass is 10.2. The Morgan fingerprint density at radius 1 is 0.900 bits per heavy atom. The number of sulfone groups is 1. The second-order valence-electron chi connectivity index (χ2n) is 7.13. The third-order valence-electron chi connectivity index (χ3n) is 5.30. The molecule has 30 heavy (non-hydrogen) atoms. The fraction of sp³-hybridized carbons (Fsp3) is 0.333. The van der Waals surface area contributed by atoms with Crippen molar-refractivity contribution in [2.75, 3.05) is 44.2 Å². The highest BCUT2D eigenvalue weighted by molar-refractivity contribution is 7.92. The second-order valence-corrected chi connectivity index (χ2v) is 9.02. The van der Waals surface area contributed by atoms with Gasteiger partial charge in [-0.05, 0) is 31.2 Å². The van der Waals surface area contributed by atoms with Gasteiger partial charge in [-0.25, -0.2) is 13.2 Å². The molecule has 2 aliphatic rings. The average Bonchev–Trinajstić information content (AvgIpc) is 2.75. The minimum Gasteiger partial charge on any atom is -0.450 e. The molecule has 0 atom stereocenters. The molecule has 0 aromatic heterocycles. The maximum absolute atomic E-state index is 13.3. The van der Waals surface area contributed by atoms with Crippen LogP contribution in [-0.2, 0) is 19.4 Å². The van der Waals surface area contributed by atoms with Crippen LogP contribution in [0.4, 0.5) is 16.2 Å². The van der Waals surface area contributed by atoms with E-state index >= 15 is 0 Å². The Bertz CT molecular complexity index is 1020. The Morgan fingerprint density at radius 2 is 1.43 bits per heavy atom. The molecule has 2 aromatic rings. The van der Waals surface area contributed by atoms with Crippen molar-refractivity contribution in [3.63, 3.8) is 0 Å². The highest BCUT2D eigenvalue weighted by atomic mass is 32.2. The van der Waals surface area contributed by atoms with Crippen LogP contribution in [0.15, 0.2) is 58.3 Å². The molecule has 0 N–H and O–H groups in total. The quantitative estimate of drug-likeness (QED) is 0.744. The van der Waals surface area contributed by atoms with E-state index in [0.717, 1.165) is 0 Å². The zero-order chi connectivity index (χ0) is 21.3. The average molecular weight is 429 g/mol. The number of fused-ring (bicyclic) bond motifs is 2. The van der Waals surface area contributed by atoms with Crippen molar-refractivity contribution in [2.24, 2.45) is 0 Å². The van der Waals surface area contributed by atoms with E-state index in [9.17, 15) is 18.0 Å². The number of amides is 2. The minimum absolute atomic E-state index is 0.124. The van der Waals surface area contributed by atoms with Gasteiger partial charge in [0, 0.05) is 26.2 Å². The van der Waals surface area contributed by atoms with E-state index in [1.165, 1.54) is 17.0 Å². The Hall–Kier alpha value is -2.91. The SMILES string of the molecule is CCOC(=O)N1CCN(CC(=O)N2c3ccccc3S(=O)(=O)c3ccccc32)CC1. The summed E-state index contributed by atoms with van der Waals surface area (Å²) in [5.41, 5.74) is 0.734. The zero-order valence-electron chi connectivity index (χ0n) is 16.7. The van der Waals surface area contributed by atoms with E-state index in [1.807, 2.05) is 4.90 Å². The molecule has 8 nitrogen and oxygen atoms in total. The molecule has 2 amide bonds. The maximum Gasteiger partial charge on any atom is 0.409 e. The topological polar surface area (TPSA) is 87.2 Å². The van der Waals surface area contributed by atoms with Gasteiger partial charge in [0.15, 0.2) is 0 Å². The number of hydrogen-bond donors (Lipinski definition) is 0. The maximum atomic E-state index is 13.3. The standard InChI is InChI=1S/C21H23N3O5S/c1-2-29-21(26)23-13-11-22(12-14-23)15-20(25)24-16-7-3-5-9-18(16)30(27,28)19-10-6-4-8-17(19)24/h3-10H,2,11-15H2,1H3. The van der Waals surface area contributed by atoms with Gasteiger partial charge in [0.2, 0.25) is 15.7 Å². The van der Waals surface area contributed by atoms with Crippen LogP contribution in [0.25, 0.3) is 0 Å². The molecule has 2 aliphatic heterocycles. The van der Waals surface area contributed by atoms with Crippen LogP contribution < -0.4 is 4.90 Å². The first-order valence-corrected chi connectivity index (χ1v) is 11.3. The number of piperazine rings is 1. The molecule has 1 fully saturated rings. The van der Waals surface area contributed by atoms with Gasteiger partial charge in [-0.3, -0.25) is 14.6 Å². The number of nitrogens with zero attached hydrogens (tertiary/aromatic N) is 3. The van der Waals surface area contributed by atoms with Gasteiger partial charge in [0.05, 0.1) is 34.3 Å². The molecule has 0 saturated carbocycles. The van der Waals surface area contributed by atoms with Crippen molar-refractivity contribution in [3.8, 4) is 0 Å². The minimum atomic E-state index is -3.69. The number of rotatable bonds is 3. The van der Waals surface area contributed by atoms with Crippen molar-refractivity contribution >= 4 is 33.2 Å². The van der Waals surface area contributed by atoms with E-state index in [4.69, 9.17) is 4.74 Å². The van der Waals surface area contributed by atoms with Crippen LogP contribution >= 0.6 is 0 Å². The second kappa shape index (κ2) is 8.08. The fourth-order valence-corrected chi connectivity index (χ4v) is 5.44. The molecule has 0 aliphatic carbocycles. The zero-order valence-corrected chi connectivity index (χ0v) is 17.5. The van der Waals surface area contributed by atoms with Crippen molar-refractivity contribution in [3.05, 3.63) is 48.5 Å². The van der Waals surface area contributed by atoms with Crippen molar-refractivity contribution in [1.82, 2.24) is 9.80 Å². The number of carbonyl (C=O) groups is 2. The van der Waals surface area contributed by atoms with Gasteiger partial charge < -0.3 is 9.64 Å². The van der Waals surface area contributed by atoms with E-state index in [2.05, 4.69) is 0 Å². The summed E-state index contributed by atoms with van der Waals surface area (Å²) >= 11 is 0. The summed E-state index contributed by atoms with van der Waals surface area (Å²) in [7, 11) is -3.69. The van der Waals surface area contributed by atoms with Gasteiger partial charge >= 0.3 is 6.09 Å². The summed E-state index contributed by atoms with van der Waals surface area (Å²) in [5, 5.41) is 0. The van der Waals surface area contributed by atoms with Crippen LogP contribution in [0, 0.1) is 0 Å². The molecular weight excluding hydrogens is 406 g/mol. The van der Waals surface area contributed by atoms with Crippen LogP contribution in [0.1, 0.15) is 6.92 Å². The predicted molar refractivity (Wildman–Crippen MR) is 111 cm³/mol. The number of para-hydroxylation sites is 2. The molecule has 0 spiro atoms. The first kappa shape index (κ1) is 20.4. The van der Waals surface area contributed by atoms with Gasteiger partial charge in [0.1, 0.15) is 0 Å². The van der Waals surface area contributed by atoms with E-state index in [1.54, 1.807) is 48.2 Å². The highest BCUT2D eigenvalue weighted by Gasteiger charge is 2.37.